The average molecular weight is 125 g/mol. The van der Waals surface area contributed by atoms with Crippen molar-refractivity contribution < 1.29 is 5.21 Å². The summed E-state index contributed by atoms with van der Waals surface area (Å²) in [4.78, 5) is 3.52. The molecule has 0 aliphatic heterocycles. The number of rotatable bonds is 0. The highest BCUT2D eigenvalue weighted by atomic mass is 16.5. The first-order chi connectivity index (χ1) is 4.22. The van der Waals surface area contributed by atoms with E-state index < -0.39 is 0 Å². The fourth-order valence-electron chi connectivity index (χ4n) is 0.508. The van der Waals surface area contributed by atoms with Gasteiger partial charge in [0, 0.05) is 6.20 Å². The predicted molar refractivity (Wildman–Crippen MR) is 30.0 cm³/mol. The Morgan fingerprint density at radius 1 is 1.78 bits per heavy atom. The maximum atomic E-state index is 8.87. The van der Waals surface area contributed by atoms with Crippen molar-refractivity contribution in [3.63, 3.8) is 0 Å². The smallest absolute Gasteiger partial charge is 0.255 e. The van der Waals surface area contributed by atoms with Gasteiger partial charge in [0.15, 0.2) is 0 Å². The monoisotopic (exact) mass is 125 g/mol. The lowest BCUT2D eigenvalue weighted by Crippen LogP contribution is -2.21. The molecule has 0 saturated heterocycles. The van der Waals surface area contributed by atoms with Crippen LogP contribution in [-0.2, 0) is 0 Å². The highest BCUT2D eigenvalue weighted by Crippen LogP contribution is 1.84. The minimum atomic E-state index is -0.144. The van der Waals surface area contributed by atoms with Gasteiger partial charge in [0.25, 0.3) is 5.62 Å². The predicted octanol–water partition coefficient (Wildman–Crippen LogP) is -0.0917. The van der Waals surface area contributed by atoms with Crippen LogP contribution in [0.4, 0.5) is 0 Å². The fourth-order valence-corrected chi connectivity index (χ4v) is 0.508. The molecule has 0 atom stereocenters. The zero-order chi connectivity index (χ0) is 6.85. The summed E-state index contributed by atoms with van der Waals surface area (Å²) in [5.41, 5.74) is 0.463. The SMILES string of the molecule is Cc1ccnc(=N)n1O. The number of hydrogen-bond donors (Lipinski definition) is 2. The van der Waals surface area contributed by atoms with Gasteiger partial charge in [0.05, 0.1) is 5.69 Å². The van der Waals surface area contributed by atoms with Crippen molar-refractivity contribution in [1.29, 1.82) is 5.41 Å². The van der Waals surface area contributed by atoms with Crippen LogP contribution in [0, 0.1) is 12.3 Å². The van der Waals surface area contributed by atoms with Gasteiger partial charge in [0.2, 0.25) is 0 Å². The summed E-state index contributed by atoms with van der Waals surface area (Å²) in [7, 11) is 0. The second-order valence-corrected chi connectivity index (χ2v) is 1.72. The second-order valence-electron chi connectivity index (χ2n) is 1.72. The number of aromatic nitrogens is 2. The van der Waals surface area contributed by atoms with Gasteiger partial charge in [-0.3, -0.25) is 5.41 Å². The van der Waals surface area contributed by atoms with Crippen molar-refractivity contribution in [3.8, 4) is 0 Å². The maximum absolute atomic E-state index is 8.87. The molecule has 0 unspecified atom stereocenters. The van der Waals surface area contributed by atoms with Crippen molar-refractivity contribution >= 4 is 0 Å². The standard InChI is InChI=1S/C5H7N3O/c1-4-2-3-7-5(6)8(4)9/h2-3,6,9H,1H3. The van der Waals surface area contributed by atoms with Crippen LogP contribution in [0.1, 0.15) is 5.69 Å². The molecule has 1 aromatic rings. The summed E-state index contributed by atoms with van der Waals surface area (Å²) in [5, 5.41) is 15.8. The Morgan fingerprint density at radius 2 is 2.44 bits per heavy atom. The molecule has 0 bridgehead atoms. The molecule has 0 aromatic carbocycles. The summed E-state index contributed by atoms with van der Waals surface area (Å²) >= 11 is 0. The van der Waals surface area contributed by atoms with Crippen molar-refractivity contribution in [2.24, 2.45) is 0 Å². The van der Waals surface area contributed by atoms with Crippen LogP contribution in [-0.4, -0.2) is 14.9 Å². The van der Waals surface area contributed by atoms with Gasteiger partial charge < -0.3 is 5.21 Å². The minimum Gasteiger partial charge on any atom is -0.425 e. The quantitative estimate of drug-likeness (QED) is 0.476. The van der Waals surface area contributed by atoms with E-state index in [9.17, 15) is 0 Å². The molecule has 0 spiro atoms. The first kappa shape index (κ1) is 5.81. The van der Waals surface area contributed by atoms with Crippen LogP contribution < -0.4 is 5.62 Å². The molecule has 0 saturated carbocycles. The van der Waals surface area contributed by atoms with E-state index >= 15 is 0 Å². The third-order valence-electron chi connectivity index (χ3n) is 1.05. The normalized spacial score (nSPS) is 9.44. The molecule has 1 heterocycles. The number of aryl methyl sites for hydroxylation is 1. The average Bonchev–Trinajstić information content (AvgIpc) is 1.83. The van der Waals surface area contributed by atoms with E-state index in [2.05, 4.69) is 4.98 Å². The molecule has 9 heavy (non-hydrogen) atoms. The fraction of sp³-hybridized carbons (Fsp3) is 0.200. The van der Waals surface area contributed by atoms with E-state index in [1.54, 1.807) is 13.0 Å². The molecule has 0 radical (unpaired) electrons. The van der Waals surface area contributed by atoms with E-state index in [-0.39, 0.29) is 5.62 Å². The number of nitrogens with one attached hydrogen (secondary N) is 1. The Morgan fingerprint density at radius 3 is 2.89 bits per heavy atom. The van der Waals surface area contributed by atoms with Gasteiger partial charge in [-0.2, -0.15) is 4.73 Å². The maximum Gasteiger partial charge on any atom is 0.255 e. The number of hydrogen-bond acceptors (Lipinski definition) is 3. The topological polar surface area (TPSA) is 61.9 Å². The summed E-state index contributed by atoms with van der Waals surface area (Å²) in [5.74, 6) is 0. The molecule has 0 amide bonds. The molecule has 48 valence electrons. The van der Waals surface area contributed by atoms with E-state index in [4.69, 9.17) is 10.6 Å². The summed E-state index contributed by atoms with van der Waals surface area (Å²) in [6.45, 7) is 1.69. The highest BCUT2D eigenvalue weighted by Gasteiger charge is 1.89. The second kappa shape index (κ2) is 1.89. The Hall–Kier alpha value is -1.32. The molecule has 1 rings (SSSR count). The van der Waals surface area contributed by atoms with E-state index in [0.29, 0.717) is 5.69 Å². The van der Waals surface area contributed by atoms with Crippen molar-refractivity contribution in [2.75, 3.05) is 0 Å². The van der Waals surface area contributed by atoms with Crippen LogP contribution in [0.5, 0.6) is 0 Å². The van der Waals surface area contributed by atoms with Crippen LogP contribution in [0.3, 0.4) is 0 Å². The molecule has 2 N–H and O–H groups in total. The Labute approximate surface area is 51.9 Å². The van der Waals surface area contributed by atoms with E-state index in [0.717, 1.165) is 4.73 Å². The van der Waals surface area contributed by atoms with Gasteiger partial charge in [-0.25, -0.2) is 4.98 Å². The highest BCUT2D eigenvalue weighted by molar-refractivity contribution is 4.94. The molecule has 0 aliphatic rings. The van der Waals surface area contributed by atoms with E-state index in [1.165, 1.54) is 6.20 Å². The van der Waals surface area contributed by atoms with Crippen molar-refractivity contribution in [1.82, 2.24) is 9.71 Å². The van der Waals surface area contributed by atoms with Gasteiger partial charge >= 0.3 is 0 Å². The molecular formula is C5H7N3O. The zero-order valence-corrected chi connectivity index (χ0v) is 5.00. The number of nitrogens with zero attached hydrogens (tertiary/aromatic N) is 2. The molecule has 0 aliphatic carbocycles. The largest absolute Gasteiger partial charge is 0.425 e. The molecule has 4 heteroatoms. The Kier molecular flexibility index (Phi) is 1.22. The van der Waals surface area contributed by atoms with Gasteiger partial charge in [-0.1, -0.05) is 0 Å². The summed E-state index contributed by atoms with van der Waals surface area (Å²) < 4.78 is 0.722. The van der Waals surface area contributed by atoms with E-state index in [1.807, 2.05) is 0 Å². The Balaban J connectivity index is 3.43. The lowest BCUT2D eigenvalue weighted by atomic mass is 10.5. The van der Waals surface area contributed by atoms with Crippen molar-refractivity contribution in [2.45, 2.75) is 6.92 Å². The van der Waals surface area contributed by atoms with Crippen LogP contribution in [0.2, 0.25) is 0 Å². The zero-order valence-electron chi connectivity index (χ0n) is 5.00. The first-order valence-corrected chi connectivity index (χ1v) is 2.50. The Bertz CT molecular complexity index is 265. The van der Waals surface area contributed by atoms with Crippen molar-refractivity contribution in [3.05, 3.63) is 23.6 Å². The summed E-state index contributed by atoms with van der Waals surface area (Å²) in [6.07, 6.45) is 1.48. The van der Waals surface area contributed by atoms with Gasteiger partial charge in [-0.05, 0) is 13.0 Å². The lowest BCUT2D eigenvalue weighted by molar-refractivity contribution is 0.158. The molecule has 4 nitrogen and oxygen atoms in total. The molecule has 1 aromatic heterocycles. The van der Waals surface area contributed by atoms with Crippen LogP contribution in [0.25, 0.3) is 0 Å². The van der Waals surface area contributed by atoms with Gasteiger partial charge in [0.1, 0.15) is 0 Å². The lowest BCUT2D eigenvalue weighted by Gasteiger charge is -1.97. The third kappa shape index (κ3) is 0.910. The molecule has 0 fully saturated rings. The summed E-state index contributed by atoms with van der Waals surface area (Å²) in [6, 6.07) is 1.62. The van der Waals surface area contributed by atoms with Crippen LogP contribution >= 0.6 is 0 Å². The first-order valence-electron chi connectivity index (χ1n) is 2.50. The van der Waals surface area contributed by atoms with Crippen LogP contribution in [0.15, 0.2) is 12.3 Å². The van der Waals surface area contributed by atoms with Gasteiger partial charge in [-0.15, -0.1) is 0 Å². The molecular weight excluding hydrogens is 118 g/mol. The minimum absolute atomic E-state index is 0.144. The third-order valence-corrected chi connectivity index (χ3v) is 1.05.